The summed E-state index contributed by atoms with van der Waals surface area (Å²) in [5, 5.41) is 15.1. The van der Waals surface area contributed by atoms with E-state index in [1.165, 1.54) is 0 Å². The highest BCUT2D eigenvalue weighted by Gasteiger charge is 2.45. The number of ether oxygens (including phenoxy) is 1. The fourth-order valence-electron chi connectivity index (χ4n) is 3.28. The monoisotopic (exact) mass is 320 g/mol. The molecule has 1 atom stereocenters. The Morgan fingerprint density at radius 2 is 2.04 bits per heavy atom. The molecule has 128 valence electrons. The number of rotatable bonds is 5. The lowest BCUT2D eigenvalue weighted by Crippen LogP contribution is -2.38. The summed E-state index contributed by atoms with van der Waals surface area (Å²) in [6.45, 7) is 10.5. The van der Waals surface area contributed by atoms with Gasteiger partial charge in [0.25, 0.3) is 5.91 Å². The lowest BCUT2D eigenvalue weighted by molar-refractivity contribution is -0.0662. The Hall–Kier alpha value is -1.59. The van der Waals surface area contributed by atoms with Gasteiger partial charge in [-0.25, -0.2) is 0 Å². The van der Waals surface area contributed by atoms with Crippen molar-refractivity contribution in [2.24, 2.45) is 0 Å². The highest BCUT2D eigenvalue weighted by Crippen LogP contribution is 2.39. The zero-order valence-electron chi connectivity index (χ0n) is 14.7. The Morgan fingerprint density at radius 1 is 1.35 bits per heavy atom. The lowest BCUT2D eigenvalue weighted by atomic mass is 9.93. The molecule has 1 fully saturated rings. The normalized spacial score (nSPS) is 21.9. The molecule has 0 aliphatic carbocycles. The van der Waals surface area contributed by atoms with E-state index in [0.717, 1.165) is 17.7 Å². The van der Waals surface area contributed by atoms with Crippen LogP contribution < -0.4 is 10.6 Å². The fraction of sp³-hybridized carbons (Fsp3) is 0.611. The Labute approximate surface area is 138 Å². The number of hydrogen-bond donors (Lipinski definition) is 3. The van der Waals surface area contributed by atoms with E-state index in [-0.39, 0.29) is 36.3 Å². The first-order valence-corrected chi connectivity index (χ1v) is 8.12. The zero-order chi connectivity index (χ0) is 17.3. The molecule has 1 aromatic carbocycles. The molecular weight excluding hydrogens is 292 g/mol. The summed E-state index contributed by atoms with van der Waals surface area (Å²) < 4.78 is 6.12. The van der Waals surface area contributed by atoms with Gasteiger partial charge in [-0.3, -0.25) is 4.79 Å². The van der Waals surface area contributed by atoms with E-state index in [2.05, 4.69) is 38.3 Å². The first-order chi connectivity index (χ1) is 10.7. The van der Waals surface area contributed by atoms with Crippen LogP contribution in [0.1, 0.15) is 50.0 Å². The molecule has 0 aromatic heterocycles. The second-order valence-electron chi connectivity index (χ2n) is 7.32. The predicted octanol–water partition coefficient (Wildman–Crippen LogP) is 2.48. The second kappa shape index (κ2) is 6.49. The summed E-state index contributed by atoms with van der Waals surface area (Å²) in [6, 6.07) is 5.83. The lowest BCUT2D eigenvalue weighted by Gasteiger charge is -2.29. The predicted molar refractivity (Wildman–Crippen MR) is 91.9 cm³/mol. The SMILES string of the molecule is Cc1c(NC2CC(C)(C)OC2(C)C)cccc1C(=O)NCCO. The Balaban J connectivity index is 2.20. The molecule has 1 amide bonds. The number of anilines is 1. The molecule has 2 rings (SSSR count). The molecule has 0 radical (unpaired) electrons. The Bertz CT molecular complexity index is 582. The van der Waals surface area contributed by atoms with E-state index in [1.54, 1.807) is 6.07 Å². The third-order valence-electron chi connectivity index (χ3n) is 4.38. The maximum absolute atomic E-state index is 12.2. The molecule has 3 N–H and O–H groups in total. The minimum atomic E-state index is -0.273. The van der Waals surface area contributed by atoms with Gasteiger partial charge in [0, 0.05) is 17.8 Å². The fourth-order valence-corrected chi connectivity index (χ4v) is 3.28. The van der Waals surface area contributed by atoms with Gasteiger partial charge in [-0.1, -0.05) is 6.07 Å². The van der Waals surface area contributed by atoms with Gasteiger partial charge < -0.3 is 20.5 Å². The average Bonchev–Trinajstić information content (AvgIpc) is 2.65. The van der Waals surface area contributed by atoms with Crippen LogP contribution in [0.3, 0.4) is 0 Å². The Morgan fingerprint density at radius 3 is 2.61 bits per heavy atom. The minimum Gasteiger partial charge on any atom is -0.395 e. The first-order valence-electron chi connectivity index (χ1n) is 8.12. The van der Waals surface area contributed by atoms with E-state index in [0.29, 0.717) is 5.56 Å². The van der Waals surface area contributed by atoms with Crippen LogP contribution in [0.15, 0.2) is 18.2 Å². The molecule has 0 bridgehead atoms. The van der Waals surface area contributed by atoms with Crippen LogP contribution in [0.5, 0.6) is 0 Å². The van der Waals surface area contributed by atoms with Crippen molar-refractivity contribution in [2.75, 3.05) is 18.5 Å². The van der Waals surface area contributed by atoms with Crippen LogP contribution in [-0.4, -0.2) is 41.4 Å². The molecule has 0 saturated carbocycles. The van der Waals surface area contributed by atoms with E-state index in [4.69, 9.17) is 9.84 Å². The van der Waals surface area contributed by atoms with Crippen LogP contribution in [-0.2, 0) is 4.74 Å². The average molecular weight is 320 g/mol. The van der Waals surface area contributed by atoms with E-state index >= 15 is 0 Å². The summed E-state index contributed by atoms with van der Waals surface area (Å²) in [7, 11) is 0. The van der Waals surface area contributed by atoms with Crippen LogP contribution >= 0.6 is 0 Å². The van der Waals surface area contributed by atoms with Crippen molar-refractivity contribution in [1.29, 1.82) is 0 Å². The number of amides is 1. The van der Waals surface area contributed by atoms with Gasteiger partial charge in [0.1, 0.15) is 0 Å². The van der Waals surface area contributed by atoms with Crippen molar-refractivity contribution in [1.82, 2.24) is 5.32 Å². The highest BCUT2D eigenvalue weighted by molar-refractivity contribution is 5.97. The van der Waals surface area contributed by atoms with Crippen LogP contribution in [0.4, 0.5) is 5.69 Å². The van der Waals surface area contributed by atoms with Crippen molar-refractivity contribution in [2.45, 2.75) is 58.3 Å². The van der Waals surface area contributed by atoms with Gasteiger partial charge in [-0.05, 0) is 58.7 Å². The number of aliphatic hydroxyl groups excluding tert-OH is 1. The molecule has 1 aromatic rings. The first kappa shape index (κ1) is 17.8. The number of nitrogens with one attached hydrogen (secondary N) is 2. The standard InChI is InChI=1S/C18H28N2O3/c1-12-13(16(22)19-9-10-21)7-6-8-14(12)20-15-11-17(2,3)23-18(15,4)5/h6-8,15,20-21H,9-11H2,1-5H3,(H,19,22). The summed E-state index contributed by atoms with van der Waals surface area (Å²) in [5.74, 6) is -0.164. The molecule has 1 aliphatic heterocycles. The molecule has 5 heteroatoms. The van der Waals surface area contributed by atoms with Gasteiger partial charge in [0.2, 0.25) is 0 Å². The van der Waals surface area contributed by atoms with Crippen molar-refractivity contribution < 1.29 is 14.6 Å². The highest BCUT2D eigenvalue weighted by atomic mass is 16.5. The summed E-state index contributed by atoms with van der Waals surface area (Å²) in [5.41, 5.74) is 2.04. The molecule has 5 nitrogen and oxygen atoms in total. The van der Waals surface area contributed by atoms with Crippen LogP contribution in [0.2, 0.25) is 0 Å². The maximum Gasteiger partial charge on any atom is 0.251 e. The molecule has 0 spiro atoms. The van der Waals surface area contributed by atoms with Gasteiger partial charge in [-0.15, -0.1) is 0 Å². The van der Waals surface area contributed by atoms with Gasteiger partial charge in [-0.2, -0.15) is 0 Å². The van der Waals surface area contributed by atoms with E-state index < -0.39 is 0 Å². The topological polar surface area (TPSA) is 70.6 Å². The summed E-state index contributed by atoms with van der Waals surface area (Å²) in [4.78, 5) is 12.2. The smallest absolute Gasteiger partial charge is 0.251 e. The van der Waals surface area contributed by atoms with Crippen LogP contribution in [0.25, 0.3) is 0 Å². The summed E-state index contributed by atoms with van der Waals surface area (Å²) >= 11 is 0. The molecule has 1 saturated heterocycles. The third-order valence-corrected chi connectivity index (χ3v) is 4.38. The molecule has 1 aliphatic rings. The number of carbonyl (C=O) groups excluding carboxylic acids is 1. The maximum atomic E-state index is 12.2. The van der Waals surface area contributed by atoms with Crippen molar-refractivity contribution >= 4 is 11.6 Å². The number of benzene rings is 1. The van der Waals surface area contributed by atoms with Crippen LogP contribution in [0, 0.1) is 6.92 Å². The number of hydrogen-bond acceptors (Lipinski definition) is 4. The quantitative estimate of drug-likeness (QED) is 0.779. The Kier molecular flexibility index (Phi) is 5.01. The third kappa shape index (κ3) is 4.03. The van der Waals surface area contributed by atoms with Crippen molar-refractivity contribution in [3.63, 3.8) is 0 Å². The van der Waals surface area contributed by atoms with Gasteiger partial charge in [0.15, 0.2) is 0 Å². The van der Waals surface area contributed by atoms with Gasteiger partial charge in [0.05, 0.1) is 23.9 Å². The molecule has 23 heavy (non-hydrogen) atoms. The van der Waals surface area contributed by atoms with Crippen molar-refractivity contribution in [3.8, 4) is 0 Å². The molecular formula is C18H28N2O3. The number of carbonyl (C=O) groups is 1. The molecule has 1 unspecified atom stereocenters. The minimum absolute atomic E-state index is 0.0641. The second-order valence-corrected chi connectivity index (χ2v) is 7.32. The molecule has 1 heterocycles. The van der Waals surface area contributed by atoms with E-state index in [9.17, 15) is 4.79 Å². The summed E-state index contributed by atoms with van der Waals surface area (Å²) in [6.07, 6.45) is 0.903. The van der Waals surface area contributed by atoms with Gasteiger partial charge >= 0.3 is 0 Å². The van der Waals surface area contributed by atoms with E-state index in [1.807, 2.05) is 19.1 Å². The largest absolute Gasteiger partial charge is 0.395 e. The van der Waals surface area contributed by atoms with Crippen molar-refractivity contribution in [3.05, 3.63) is 29.3 Å². The number of aliphatic hydroxyl groups is 1. The zero-order valence-corrected chi connectivity index (χ0v) is 14.7.